The van der Waals surface area contributed by atoms with Crippen LogP contribution in [0.15, 0.2) is 67.0 Å². The summed E-state index contributed by atoms with van der Waals surface area (Å²) in [6.07, 6.45) is 6.79. The van der Waals surface area contributed by atoms with Crippen molar-refractivity contribution in [2.45, 2.75) is 6.42 Å². The van der Waals surface area contributed by atoms with Gasteiger partial charge in [-0.15, -0.1) is 0 Å². The Morgan fingerprint density at radius 1 is 1.04 bits per heavy atom. The van der Waals surface area contributed by atoms with E-state index < -0.39 is 0 Å². The lowest BCUT2D eigenvalue weighted by Crippen LogP contribution is -2.22. The molecule has 0 atom stereocenters. The summed E-state index contributed by atoms with van der Waals surface area (Å²) in [5.41, 5.74) is 4.79. The number of pyridine rings is 2. The molecule has 0 radical (unpaired) electrons. The second kappa shape index (κ2) is 7.45. The van der Waals surface area contributed by atoms with Gasteiger partial charge in [0.2, 0.25) is 0 Å². The molecule has 130 valence electrons. The second-order valence-electron chi connectivity index (χ2n) is 6.20. The first kappa shape index (κ1) is 16.4. The lowest BCUT2D eigenvalue weighted by atomic mass is 10.0. The van der Waals surface area contributed by atoms with Gasteiger partial charge in [-0.3, -0.25) is 4.98 Å². The molecule has 0 spiro atoms. The maximum Gasteiger partial charge on any atom is 0.131 e. The fourth-order valence-electron chi connectivity index (χ4n) is 3.01. The van der Waals surface area contributed by atoms with Gasteiger partial charge in [-0.25, -0.2) is 9.37 Å². The molecular weight excluding hydrogens is 327 g/mol. The Balaban J connectivity index is 1.76. The van der Waals surface area contributed by atoms with Crippen molar-refractivity contribution in [1.29, 1.82) is 0 Å². The van der Waals surface area contributed by atoms with Crippen molar-refractivity contribution < 1.29 is 4.39 Å². The summed E-state index contributed by atoms with van der Waals surface area (Å²) in [4.78, 5) is 8.96. The molecule has 0 saturated carbocycles. The van der Waals surface area contributed by atoms with E-state index >= 15 is 0 Å². The van der Waals surface area contributed by atoms with Crippen molar-refractivity contribution in [2.75, 3.05) is 18.4 Å². The summed E-state index contributed by atoms with van der Waals surface area (Å²) >= 11 is 0. The van der Waals surface area contributed by atoms with Crippen LogP contribution in [0, 0.1) is 5.82 Å². The zero-order valence-electron chi connectivity index (χ0n) is 14.2. The van der Waals surface area contributed by atoms with Gasteiger partial charge in [0.05, 0.1) is 5.69 Å². The lowest BCUT2D eigenvalue weighted by Gasteiger charge is -2.16. The first-order chi connectivity index (χ1) is 12.8. The van der Waals surface area contributed by atoms with Gasteiger partial charge in [-0.2, -0.15) is 0 Å². The molecule has 3 heterocycles. The zero-order valence-corrected chi connectivity index (χ0v) is 14.2. The fourth-order valence-corrected chi connectivity index (χ4v) is 3.01. The fraction of sp³-hybridized carbons (Fsp3) is 0.143. The third-order valence-electron chi connectivity index (χ3n) is 4.27. The molecule has 2 N–H and O–H groups in total. The molecule has 0 saturated heterocycles. The molecule has 2 aromatic heterocycles. The van der Waals surface area contributed by atoms with Crippen LogP contribution in [-0.2, 0) is 0 Å². The topological polar surface area (TPSA) is 49.8 Å². The highest BCUT2D eigenvalue weighted by Crippen LogP contribution is 2.27. The first-order valence-electron chi connectivity index (χ1n) is 8.63. The molecule has 1 aromatic carbocycles. The van der Waals surface area contributed by atoms with Gasteiger partial charge in [0.15, 0.2) is 0 Å². The number of hydrogen-bond acceptors (Lipinski definition) is 4. The van der Waals surface area contributed by atoms with Gasteiger partial charge in [0, 0.05) is 30.2 Å². The van der Waals surface area contributed by atoms with Crippen LogP contribution in [0.3, 0.4) is 0 Å². The zero-order chi connectivity index (χ0) is 17.8. The molecule has 0 aliphatic carbocycles. The minimum Gasteiger partial charge on any atom is -0.340 e. The maximum atomic E-state index is 13.5. The molecule has 26 heavy (non-hydrogen) atoms. The number of nitrogens with one attached hydrogen (secondary N) is 2. The standard InChI is InChI=1S/C21H19FN4/c22-18-6-1-7-19(12-18)25-21-11-17(15-4-2-8-23-13-15)10-20(26-21)16-5-3-9-24-14-16/h1-2,4-8,10-13,24H,3,9,14H2,(H,25,26). The Morgan fingerprint density at radius 3 is 2.77 bits per heavy atom. The molecule has 0 fully saturated rings. The third-order valence-corrected chi connectivity index (χ3v) is 4.27. The van der Waals surface area contributed by atoms with Gasteiger partial charge in [0.1, 0.15) is 11.6 Å². The van der Waals surface area contributed by atoms with Crippen LogP contribution in [0.25, 0.3) is 16.7 Å². The average molecular weight is 346 g/mol. The Labute approximate surface area is 151 Å². The molecule has 1 aliphatic rings. The van der Waals surface area contributed by atoms with Crippen LogP contribution >= 0.6 is 0 Å². The van der Waals surface area contributed by atoms with Crippen molar-refractivity contribution in [2.24, 2.45) is 0 Å². The quantitative estimate of drug-likeness (QED) is 0.735. The Bertz CT molecular complexity index is 938. The Hall–Kier alpha value is -3.05. The summed E-state index contributed by atoms with van der Waals surface area (Å²) in [5, 5.41) is 6.59. The first-order valence-corrected chi connectivity index (χ1v) is 8.63. The highest BCUT2D eigenvalue weighted by molar-refractivity contribution is 5.75. The van der Waals surface area contributed by atoms with Crippen LogP contribution in [0.2, 0.25) is 0 Å². The second-order valence-corrected chi connectivity index (χ2v) is 6.20. The summed E-state index contributed by atoms with van der Waals surface area (Å²) in [5.74, 6) is 0.399. The smallest absolute Gasteiger partial charge is 0.131 e. The molecule has 0 unspecified atom stereocenters. The van der Waals surface area contributed by atoms with Crippen LogP contribution in [0.5, 0.6) is 0 Å². The van der Waals surface area contributed by atoms with Gasteiger partial charge >= 0.3 is 0 Å². The van der Waals surface area contributed by atoms with Gasteiger partial charge in [-0.05, 0) is 60.5 Å². The van der Waals surface area contributed by atoms with Gasteiger partial charge in [0.25, 0.3) is 0 Å². The van der Waals surface area contributed by atoms with Crippen molar-refractivity contribution in [3.05, 3.63) is 78.5 Å². The van der Waals surface area contributed by atoms with E-state index in [1.54, 1.807) is 12.3 Å². The van der Waals surface area contributed by atoms with E-state index in [1.165, 1.54) is 17.7 Å². The molecule has 1 aliphatic heterocycles. The van der Waals surface area contributed by atoms with E-state index in [0.29, 0.717) is 11.5 Å². The van der Waals surface area contributed by atoms with Crippen molar-refractivity contribution in [1.82, 2.24) is 15.3 Å². The number of aromatic nitrogens is 2. The monoisotopic (exact) mass is 346 g/mol. The maximum absolute atomic E-state index is 13.5. The van der Waals surface area contributed by atoms with Crippen molar-refractivity contribution >= 4 is 17.1 Å². The van der Waals surface area contributed by atoms with E-state index in [9.17, 15) is 4.39 Å². The van der Waals surface area contributed by atoms with Crippen molar-refractivity contribution in [3.8, 4) is 11.1 Å². The minimum atomic E-state index is -0.280. The number of nitrogens with zero attached hydrogens (tertiary/aromatic N) is 2. The highest BCUT2D eigenvalue weighted by atomic mass is 19.1. The summed E-state index contributed by atoms with van der Waals surface area (Å²) in [6, 6.07) is 14.4. The number of halogens is 1. The SMILES string of the molecule is Fc1cccc(Nc2cc(-c3cccnc3)cc(C3=CCCNC3)n2)c1. The molecular formula is C21H19FN4. The Kier molecular flexibility index (Phi) is 4.71. The van der Waals surface area contributed by atoms with E-state index in [1.807, 2.05) is 30.5 Å². The number of hydrogen-bond donors (Lipinski definition) is 2. The number of anilines is 2. The van der Waals surface area contributed by atoms with Crippen molar-refractivity contribution in [3.63, 3.8) is 0 Å². The van der Waals surface area contributed by atoms with E-state index in [-0.39, 0.29) is 5.82 Å². The van der Waals surface area contributed by atoms with Crippen LogP contribution in [0.4, 0.5) is 15.9 Å². The van der Waals surface area contributed by atoms with E-state index in [4.69, 9.17) is 4.98 Å². The lowest BCUT2D eigenvalue weighted by molar-refractivity contribution is 0.628. The number of rotatable bonds is 4. The molecule has 0 bridgehead atoms. The summed E-state index contributed by atoms with van der Waals surface area (Å²) < 4.78 is 13.5. The minimum absolute atomic E-state index is 0.280. The van der Waals surface area contributed by atoms with Crippen LogP contribution < -0.4 is 10.6 Å². The normalized spacial score (nSPS) is 14.0. The predicted octanol–water partition coefficient (Wildman–Crippen LogP) is 4.40. The highest BCUT2D eigenvalue weighted by Gasteiger charge is 2.11. The summed E-state index contributed by atoms with van der Waals surface area (Å²) in [7, 11) is 0. The molecule has 3 aromatic rings. The summed E-state index contributed by atoms with van der Waals surface area (Å²) in [6.45, 7) is 1.78. The Morgan fingerprint density at radius 2 is 2.00 bits per heavy atom. The molecule has 4 nitrogen and oxygen atoms in total. The molecule has 4 rings (SSSR count). The van der Waals surface area contributed by atoms with Gasteiger partial charge < -0.3 is 10.6 Å². The van der Waals surface area contributed by atoms with Crippen LogP contribution in [0.1, 0.15) is 12.1 Å². The predicted molar refractivity (Wildman–Crippen MR) is 103 cm³/mol. The van der Waals surface area contributed by atoms with E-state index in [2.05, 4.69) is 27.8 Å². The third kappa shape index (κ3) is 3.78. The largest absolute Gasteiger partial charge is 0.340 e. The number of benzene rings is 1. The average Bonchev–Trinajstić information content (AvgIpc) is 2.69. The van der Waals surface area contributed by atoms with Gasteiger partial charge in [-0.1, -0.05) is 18.2 Å². The molecule has 5 heteroatoms. The van der Waals surface area contributed by atoms with Crippen LogP contribution in [-0.4, -0.2) is 23.1 Å². The molecule has 0 amide bonds. The van der Waals surface area contributed by atoms with E-state index in [0.717, 1.165) is 36.3 Å².